The molecule has 5 nitrogen and oxygen atoms in total. The summed E-state index contributed by atoms with van der Waals surface area (Å²) in [6, 6.07) is 14.8. The number of nitrogens with zero attached hydrogens (tertiary/aromatic N) is 2. The monoisotopic (exact) mass is 453 g/mol. The second kappa shape index (κ2) is 7.58. The summed E-state index contributed by atoms with van der Waals surface area (Å²) >= 11 is 3.56. The number of aromatic nitrogens is 1. The topological polar surface area (TPSA) is 58.4 Å². The van der Waals surface area contributed by atoms with Gasteiger partial charge in [0.15, 0.2) is 5.58 Å². The molecule has 6 heteroatoms. The summed E-state index contributed by atoms with van der Waals surface area (Å²) in [6.07, 6.45) is 5.78. The highest BCUT2D eigenvalue weighted by molar-refractivity contribution is 9.10. The van der Waals surface area contributed by atoms with Gasteiger partial charge in [-0.15, -0.1) is 0 Å². The maximum absolute atomic E-state index is 13.3. The third-order valence-electron chi connectivity index (χ3n) is 6.43. The van der Waals surface area contributed by atoms with E-state index in [1.807, 2.05) is 42.5 Å². The average Bonchev–Trinajstić information content (AvgIpc) is 3.13. The minimum Gasteiger partial charge on any atom is -0.436 e. The molecule has 0 saturated carbocycles. The molecule has 1 aromatic heterocycles. The van der Waals surface area contributed by atoms with E-state index in [1.54, 1.807) is 0 Å². The highest BCUT2D eigenvalue weighted by atomic mass is 79.9. The number of halogens is 1. The van der Waals surface area contributed by atoms with Crippen LogP contribution in [0.5, 0.6) is 0 Å². The molecule has 5 rings (SSSR count). The second-order valence-corrected chi connectivity index (χ2v) is 9.05. The van der Waals surface area contributed by atoms with Gasteiger partial charge in [-0.25, -0.2) is 4.98 Å². The minimum absolute atomic E-state index is 0.0805. The fourth-order valence-electron chi connectivity index (χ4n) is 4.88. The Morgan fingerprint density at radius 2 is 1.86 bits per heavy atom. The quantitative estimate of drug-likeness (QED) is 0.605. The van der Waals surface area contributed by atoms with E-state index in [1.165, 1.54) is 19.3 Å². The van der Waals surface area contributed by atoms with Gasteiger partial charge in [0, 0.05) is 28.2 Å². The molecule has 3 aromatic rings. The molecule has 2 bridgehead atoms. The number of rotatable bonds is 3. The van der Waals surface area contributed by atoms with Crippen molar-refractivity contribution in [3.8, 4) is 11.5 Å². The van der Waals surface area contributed by atoms with Crippen LogP contribution in [0.25, 0.3) is 22.6 Å². The third-order valence-corrected chi connectivity index (χ3v) is 7.09. The Kier molecular flexibility index (Phi) is 4.92. The molecule has 2 fully saturated rings. The van der Waals surface area contributed by atoms with Crippen LogP contribution in [0.15, 0.2) is 51.4 Å². The van der Waals surface area contributed by atoms with E-state index < -0.39 is 0 Å². The lowest BCUT2D eigenvalue weighted by molar-refractivity contribution is 0.0463. The molecule has 1 N–H and O–H groups in total. The Labute approximate surface area is 178 Å². The predicted molar refractivity (Wildman–Crippen MR) is 117 cm³/mol. The number of hydrogen-bond acceptors (Lipinski definition) is 4. The summed E-state index contributed by atoms with van der Waals surface area (Å²) in [7, 11) is 2.23. The van der Waals surface area contributed by atoms with Crippen molar-refractivity contribution in [2.45, 2.75) is 50.2 Å². The van der Waals surface area contributed by atoms with Crippen molar-refractivity contribution in [3.05, 3.63) is 52.5 Å². The van der Waals surface area contributed by atoms with Gasteiger partial charge in [-0.1, -0.05) is 24.6 Å². The Balaban J connectivity index is 1.44. The van der Waals surface area contributed by atoms with E-state index in [0.29, 0.717) is 34.6 Å². The molecular formula is C23H24BrN3O2. The lowest BCUT2D eigenvalue weighted by atomic mass is 9.82. The SMILES string of the molecule is CN1C2CCCC1CC(NC(=O)c1c(Br)ccc3oc(-c4ccccc4)nc13)C2. The molecule has 2 saturated heterocycles. The van der Waals surface area contributed by atoms with Crippen molar-refractivity contribution in [2.75, 3.05) is 7.05 Å². The van der Waals surface area contributed by atoms with E-state index in [2.05, 4.69) is 38.2 Å². The zero-order valence-electron chi connectivity index (χ0n) is 16.4. The van der Waals surface area contributed by atoms with Gasteiger partial charge in [0.2, 0.25) is 5.89 Å². The fourth-order valence-corrected chi connectivity index (χ4v) is 5.38. The van der Waals surface area contributed by atoms with Crippen molar-refractivity contribution >= 4 is 32.9 Å². The lowest BCUT2D eigenvalue weighted by Crippen LogP contribution is -2.55. The molecule has 29 heavy (non-hydrogen) atoms. The molecule has 3 heterocycles. The summed E-state index contributed by atoms with van der Waals surface area (Å²) in [5, 5.41) is 3.29. The largest absolute Gasteiger partial charge is 0.436 e. The van der Waals surface area contributed by atoms with Gasteiger partial charge in [-0.05, 0) is 72.9 Å². The lowest BCUT2D eigenvalue weighted by Gasteiger charge is -2.47. The number of carbonyl (C=O) groups is 1. The van der Waals surface area contributed by atoms with Gasteiger partial charge in [0.25, 0.3) is 5.91 Å². The molecule has 2 atom stereocenters. The van der Waals surface area contributed by atoms with Crippen LogP contribution in [0.4, 0.5) is 0 Å². The van der Waals surface area contributed by atoms with Gasteiger partial charge >= 0.3 is 0 Å². The summed E-state index contributed by atoms with van der Waals surface area (Å²) in [5.41, 5.74) is 2.67. The van der Waals surface area contributed by atoms with Crippen molar-refractivity contribution in [2.24, 2.45) is 0 Å². The molecule has 0 aliphatic carbocycles. The highest BCUT2D eigenvalue weighted by Gasteiger charge is 2.36. The normalized spacial score (nSPS) is 24.6. The van der Waals surface area contributed by atoms with Gasteiger partial charge < -0.3 is 14.6 Å². The van der Waals surface area contributed by atoms with Gasteiger partial charge in [0.1, 0.15) is 5.52 Å². The van der Waals surface area contributed by atoms with Crippen LogP contribution in [-0.4, -0.2) is 41.0 Å². The molecule has 2 unspecified atom stereocenters. The predicted octanol–water partition coefficient (Wildman–Crippen LogP) is 5.00. The number of amides is 1. The first-order valence-corrected chi connectivity index (χ1v) is 11.1. The first-order chi connectivity index (χ1) is 14.1. The van der Waals surface area contributed by atoms with Crippen LogP contribution in [0.1, 0.15) is 42.5 Å². The van der Waals surface area contributed by atoms with Crippen LogP contribution in [0.2, 0.25) is 0 Å². The zero-order valence-corrected chi connectivity index (χ0v) is 18.0. The van der Waals surface area contributed by atoms with Gasteiger partial charge in [-0.2, -0.15) is 0 Å². The summed E-state index contributed by atoms with van der Waals surface area (Å²) in [5.74, 6) is 0.449. The zero-order chi connectivity index (χ0) is 20.0. The molecule has 1 amide bonds. The first-order valence-electron chi connectivity index (χ1n) is 10.3. The van der Waals surface area contributed by atoms with E-state index in [-0.39, 0.29) is 11.9 Å². The van der Waals surface area contributed by atoms with Crippen LogP contribution in [-0.2, 0) is 0 Å². The number of benzene rings is 2. The number of nitrogens with one attached hydrogen (secondary N) is 1. The second-order valence-electron chi connectivity index (χ2n) is 8.20. The van der Waals surface area contributed by atoms with Crippen LogP contribution in [0.3, 0.4) is 0 Å². The number of hydrogen-bond donors (Lipinski definition) is 1. The first kappa shape index (κ1) is 18.8. The summed E-state index contributed by atoms with van der Waals surface area (Å²) < 4.78 is 6.69. The maximum Gasteiger partial charge on any atom is 0.254 e. The molecule has 2 aromatic carbocycles. The number of fused-ring (bicyclic) bond motifs is 3. The Hall–Kier alpha value is -2.18. The highest BCUT2D eigenvalue weighted by Crippen LogP contribution is 2.34. The van der Waals surface area contributed by atoms with Gasteiger partial charge in [0.05, 0.1) is 5.56 Å². The number of piperidine rings is 2. The van der Waals surface area contributed by atoms with Crippen molar-refractivity contribution < 1.29 is 9.21 Å². The van der Waals surface area contributed by atoms with E-state index >= 15 is 0 Å². The van der Waals surface area contributed by atoms with Crippen molar-refractivity contribution in [1.29, 1.82) is 0 Å². The van der Waals surface area contributed by atoms with Crippen molar-refractivity contribution in [1.82, 2.24) is 15.2 Å². The Morgan fingerprint density at radius 1 is 1.14 bits per heavy atom. The summed E-state index contributed by atoms with van der Waals surface area (Å²) in [6.45, 7) is 0. The van der Waals surface area contributed by atoms with Crippen LogP contribution >= 0.6 is 15.9 Å². The van der Waals surface area contributed by atoms with E-state index in [0.717, 1.165) is 22.9 Å². The third kappa shape index (κ3) is 3.49. The maximum atomic E-state index is 13.3. The smallest absolute Gasteiger partial charge is 0.254 e. The minimum atomic E-state index is -0.0805. The summed E-state index contributed by atoms with van der Waals surface area (Å²) in [4.78, 5) is 20.4. The Bertz CT molecular complexity index is 1030. The van der Waals surface area contributed by atoms with E-state index in [4.69, 9.17) is 4.42 Å². The number of carbonyl (C=O) groups excluding carboxylic acids is 1. The molecule has 150 valence electrons. The standard InChI is InChI=1S/C23H24BrN3O2/c1-27-16-8-5-9-17(27)13-15(12-16)25-22(28)20-18(24)10-11-19-21(20)26-23(29-19)14-6-3-2-4-7-14/h2-4,6-7,10-11,15-17H,5,8-9,12-13H2,1H3,(H,25,28). The van der Waals surface area contributed by atoms with E-state index in [9.17, 15) is 4.79 Å². The molecule has 2 aliphatic rings. The average molecular weight is 454 g/mol. The molecule has 0 spiro atoms. The van der Waals surface area contributed by atoms with Crippen molar-refractivity contribution in [3.63, 3.8) is 0 Å². The number of oxazole rings is 1. The molecular weight excluding hydrogens is 430 g/mol. The fraction of sp³-hybridized carbons (Fsp3) is 0.391. The molecule has 2 aliphatic heterocycles. The Morgan fingerprint density at radius 3 is 2.59 bits per heavy atom. The van der Waals surface area contributed by atoms with Crippen LogP contribution in [0, 0.1) is 0 Å². The van der Waals surface area contributed by atoms with Gasteiger partial charge in [-0.3, -0.25) is 4.79 Å². The van der Waals surface area contributed by atoms with Crippen LogP contribution < -0.4 is 5.32 Å². The molecule has 0 radical (unpaired) electrons.